The molecule has 0 aliphatic carbocycles. The summed E-state index contributed by atoms with van der Waals surface area (Å²) in [5.74, 6) is 0.699. The zero-order valence-corrected chi connectivity index (χ0v) is 9.36. The SMILES string of the molecule is CNc1ncccc1C(=O)N1CCNCC1. The molecule has 1 amide bonds. The molecule has 1 saturated heterocycles. The highest BCUT2D eigenvalue weighted by Gasteiger charge is 2.20. The fourth-order valence-electron chi connectivity index (χ4n) is 1.82. The maximum atomic E-state index is 12.2. The first-order chi connectivity index (χ1) is 7.83. The van der Waals surface area contributed by atoms with Crippen LogP contribution in [0.1, 0.15) is 10.4 Å². The maximum Gasteiger partial charge on any atom is 0.257 e. The monoisotopic (exact) mass is 220 g/mol. The van der Waals surface area contributed by atoms with E-state index in [0.717, 1.165) is 26.2 Å². The highest BCUT2D eigenvalue weighted by atomic mass is 16.2. The van der Waals surface area contributed by atoms with Gasteiger partial charge >= 0.3 is 0 Å². The molecular formula is C11H16N4O. The van der Waals surface area contributed by atoms with Gasteiger partial charge < -0.3 is 15.5 Å². The van der Waals surface area contributed by atoms with Gasteiger partial charge in [-0.3, -0.25) is 4.79 Å². The average Bonchev–Trinajstić information content (AvgIpc) is 2.39. The molecule has 5 heteroatoms. The van der Waals surface area contributed by atoms with Gasteiger partial charge in [0.15, 0.2) is 0 Å². The third kappa shape index (κ3) is 2.14. The summed E-state index contributed by atoms with van der Waals surface area (Å²) in [6, 6.07) is 3.60. The Balaban J connectivity index is 2.19. The average molecular weight is 220 g/mol. The van der Waals surface area contributed by atoms with Crippen molar-refractivity contribution in [3.05, 3.63) is 23.9 Å². The van der Waals surface area contributed by atoms with Gasteiger partial charge in [0.05, 0.1) is 5.56 Å². The van der Waals surface area contributed by atoms with Gasteiger partial charge in [0.1, 0.15) is 5.82 Å². The number of anilines is 1. The van der Waals surface area contributed by atoms with Gasteiger partial charge in [-0.05, 0) is 12.1 Å². The fraction of sp³-hybridized carbons (Fsp3) is 0.455. The number of hydrogen-bond donors (Lipinski definition) is 2. The van der Waals surface area contributed by atoms with Crippen LogP contribution >= 0.6 is 0 Å². The van der Waals surface area contributed by atoms with Gasteiger partial charge in [0, 0.05) is 39.4 Å². The van der Waals surface area contributed by atoms with E-state index in [1.54, 1.807) is 19.3 Å². The molecule has 0 bridgehead atoms. The van der Waals surface area contributed by atoms with Crippen molar-refractivity contribution in [1.82, 2.24) is 15.2 Å². The van der Waals surface area contributed by atoms with Crippen LogP contribution in [0.2, 0.25) is 0 Å². The van der Waals surface area contributed by atoms with Gasteiger partial charge in [0.25, 0.3) is 5.91 Å². The standard InChI is InChI=1S/C11H16N4O/c1-12-10-9(3-2-4-14-10)11(16)15-7-5-13-6-8-15/h2-4,13H,5-8H2,1H3,(H,12,14). The van der Waals surface area contributed by atoms with E-state index in [0.29, 0.717) is 11.4 Å². The molecule has 16 heavy (non-hydrogen) atoms. The number of aromatic nitrogens is 1. The van der Waals surface area contributed by atoms with Crippen LogP contribution in [0, 0.1) is 0 Å². The second-order valence-electron chi connectivity index (χ2n) is 3.69. The molecule has 1 aliphatic heterocycles. The zero-order valence-electron chi connectivity index (χ0n) is 9.36. The Labute approximate surface area is 94.9 Å². The lowest BCUT2D eigenvalue weighted by atomic mass is 10.2. The highest BCUT2D eigenvalue weighted by molar-refractivity contribution is 5.98. The summed E-state index contributed by atoms with van der Waals surface area (Å²) in [7, 11) is 1.77. The van der Waals surface area contributed by atoms with E-state index in [1.165, 1.54) is 0 Å². The minimum atomic E-state index is 0.0546. The number of nitrogens with zero attached hydrogens (tertiary/aromatic N) is 2. The van der Waals surface area contributed by atoms with Crippen molar-refractivity contribution >= 4 is 11.7 Å². The van der Waals surface area contributed by atoms with E-state index in [9.17, 15) is 4.79 Å². The van der Waals surface area contributed by atoms with Crippen LogP contribution in [0.15, 0.2) is 18.3 Å². The number of nitrogens with one attached hydrogen (secondary N) is 2. The van der Waals surface area contributed by atoms with Crippen LogP contribution in [-0.4, -0.2) is 49.0 Å². The minimum Gasteiger partial charge on any atom is -0.372 e. The first-order valence-electron chi connectivity index (χ1n) is 5.45. The molecule has 1 aliphatic rings. The number of carbonyl (C=O) groups is 1. The molecule has 0 atom stereocenters. The highest BCUT2D eigenvalue weighted by Crippen LogP contribution is 2.13. The second kappa shape index (κ2) is 4.94. The molecule has 1 fully saturated rings. The van der Waals surface area contributed by atoms with E-state index >= 15 is 0 Å². The third-order valence-corrected chi connectivity index (χ3v) is 2.68. The first kappa shape index (κ1) is 10.9. The molecule has 0 radical (unpaired) electrons. The molecular weight excluding hydrogens is 204 g/mol. The van der Waals surface area contributed by atoms with Crippen molar-refractivity contribution in [3.63, 3.8) is 0 Å². The van der Waals surface area contributed by atoms with Gasteiger partial charge in [-0.2, -0.15) is 0 Å². The molecule has 0 unspecified atom stereocenters. The number of amides is 1. The largest absolute Gasteiger partial charge is 0.372 e. The van der Waals surface area contributed by atoms with Crippen LogP contribution < -0.4 is 10.6 Å². The lowest BCUT2D eigenvalue weighted by Gasteiger charge is -2.27. The predicted molar refractivity (Wildman–Crippen MR) is 62.6 cm³/mol. The molecule has 0 spiro atoms. The van der Waals surface area contributed by atoms with Crippen molar-refractivity contribution < 1.29 is 4.79 Å². The summed E-state index contributed by atoms with van der Waals surface area (Å²) in [4.78, 5) is 18.2. The van der Waals surface area contributed by atoms with E-state index in [4.69, 9.17) is 0 Å². The quantitative estimate of drug-likeness (QED) is 0.746. The number of rotatable bonds is 2. The molecule has 0 saturated carbocycles. The van der Waals surface area contributed by atoms with Crippen molar-refractivity contribution in [2.45, 2.75) is 0 Å². The number of piperazine rings is 1. The Hall–Kier alpha value is -1.62. The molecule has 2 N–H and O–H groups in total. The second-order valence-corrected chi connectivity index (χ2v) is 3.69. The summed E-state index contributed by atoms with van der Waals surface area (Å²) in [5, 5.41) is 6.17. The Morgan fingerprint density at radius 2 is 2.25 bits per heavy atom. The van der Waals surface area contributed by atoms with Crippen LogP contribution in [0.4, 0.5) is 5.82 Å². The smallest absolute Gasteiger partial charge is 0.257 e. The lowest BCUT2D eigenvalue weighted by molar-refractivity contribution is 0.0736. The Bertz CT molecular complexity index is 374. The Morgan fingerprint density at radius 3 is 2.94 bits per heavy atom. The van der Waals surface area contributed by atoms with Crippen LogP contribution in [-0.2, 0) is 0 Å². The normalized spacial score (nSPS) is 15.9. The summed E-state index contributed by atoms with van der Waals surface area (Å²) in [6.07, 6.45) is 1.68. The molecule has 86 valence electrons. The summed E-state index contributed by atoms with van der Waals surface area (Å²) in [6.45, 7) is 3.25. The van der Waals surface area contributed by atoms with Gasteiger partial charge in [0.2, 0.25) is 0 Å². The van der Waals surface area contributed by atoms with E-state index in [1.807, 2.05) is 11.0 Å². The van der Waals surface area contributed by atoms with Crippen LogP contribution in [0.3, 0.4) is 0 Å². The number of carbonyl (C=O) groups excluding carboxylic acids is 1. The van der Waals surface area contributed by atoms with Gasteiger partial charge in [-0.1, -0.05) is 0 Å². The van der Waals surface area contributed by atoms with Crippen LogP contribution in [0.5, 0.6) is 0 Å². The van der Waals surface area contributed by atoms with E-state index < -0.39 is 0 Å². The Kier molecular flexibility index (Phi) is 3.36. The van der Waals surface area contributed by atoms with E-state index in [-0.39, 0.29) is 5.91 Å². The Morgan fingerprint density at radius 1 is 1.50 bits per heavy atom. The van der Waals surface area contributed by atoms with Gasteiger partial charge in [-0.25, -0.2) is 4.98 Å². The summed E-state index contributed by atoms with van der Waals surface area (Å²) in [5.41, 5.74) is 0.645. The first-order valence-corrected chi connectivity index (χ1v) is 5.45. The predicted octanol–water partition coefficient (Wildman–Crippen LogP) is 0.169. The van der Waals surface area contributed by atoms with Crippen molar-refractivity contribution in [2.24, 2.45) is 0 Å². The molecule has 2 rings (SSSR count). The lowest BCUT2D eigenvalue weighted by Crippen LogP contribution is -2.46. The molecule has 2 heterocycles. The molecule has 1 aromatic heterocycles. The zero-order chi connectivity index (χ0) is 11.4. The van der Waals surface area contributed by atoms with Crippen molar-refractivity contribution in [2.75, 3.05) is 38.5 Å². The van der Waals surface area contributed by atoms with E-state index in [2.05, 4.69) is 15.6 Å². The molecule has 1 aromatic rings. The number of pyridine rings is 1. The topological polar surface area (TPSA) is 57.3 Å². The third-order valence-electron chi connectivity index (χ3n) is 2.68. The molecule has 5 nitrogen and oxygen atoms in total. The summed E-state index contributed by atoms with van der Waals surface area (Å²) >= 11 is 0. The number of hydrogen-bond acceptors (Lipinski definition) is 4. The fourth-order valence-corrected chi connectivity index (χ4v) is 1.82. The summed E-state index contributed by atoms with van der Waals surface area (Å²) < 4.78 is 0. The minimum absolute atomic E-state index is 0.0546. The molecule has 0 aromatic carbocycles. The van der Waals surface area contributed by atoms with Crippen molar-refractivity contribution in [1.29, 1.82) is 0 Å². The van der Waals surface area contributed by atoms with Crippen molar-refractivity contribution in [3.8, 4) is 0 Å². The van der Waals surface area contributed by atoms with Crippen LogP contribution in [0.25, 0.3) is 0 Å². The van der Waals surface area contributed by atoms with Gasteiger partial charge in [-0.15, -0.1) is 0 Å². The maximum absolute atomic E-state index is 12.2.